The normalized spacial score (nSPS) is 11.1. The number of carbonyl (C=O) groups is 1. The van der Waals surface area contributed by atoms with Gasteiger partial charge in [0.2, 0.25) is 0 Å². The Hall–Kier alpha value is -2.27. The van der Waals surface area contributed by atoms with Crippen molar-refractivity contribution in [1.82, 2.24) is 4.98 Å². The molecule has 0 saturated heterocycles. The molecular formula is C15H15N3OS. The number of nitrogen functional groups attached to an aromatic ring is 1. The van der Waals surface area contributed by atoms with Crippen molar-refractivity contribution in [3.63, 3.8) is 0 Å². The van der Waals surface area contributed by atoms with Crippen LogP contribution in [0.4, 0.5) is 5.82 Å². The highest BCUT2D eigenvalue weighted by Crippen LogP contribution is 2.38. The predicted octanol–water partition coefficient (Wildman–Crippen LogP) is 3.19. The zero-order chi connectivity index (χ0) is 14.4. The fourth-order valence-corrected chi connectivity index (χ4v) is 3.55. The number of primary amides is 1. The summed E-state index contributed by atoms with van der Waals surface area (Å²) < 4.78 is 1.22. The predicted molar refractivity (Wildman–Crippen MR) is 84.0 cm³/mol. The van der Waals surface area contributed by atoms with Crippen LogP contribution in [0.5, 0.6) is 0 Å². The van der Waals surface area contributed by atoms with Crippen molar-refractivity contribution < 1.29 is 4.79 Å². The summed E-state index contributed by atoms with van der Waals surface area (Å²) in [6.45, 7) is 4.16. The second-order valence-corrected chi connectivity index (χ2v) is 5.98. The molecule has 0 fully saturated rings. The summed E-state index contributed by atoms with van der Waals surface area (Å²) in [7, 11) is 0. The van der Waals surface area contributed by atoms with Crippen molar-refractivity contribution >= 4 is 33.1 Å². The van der Waals surface area contributed by atoms with Crippen LogP contribution in [0, 0.1) is 13.8 Å². The molecule has 3 rings (SSSR count). The Balaban J connectivity index is 2.22. The van der Waals surface area contributed by atoms with Crippen molar-refractivity contribution in [2.45, 2.75) is 13.8 Å². The molecule has 3 aromatic rings. The van der Waals surface area contributed by atoms with Gasteiger partial charge in [-0.2, -0.15) is 0 Å². The van der Waals surface area contributed by atoms with Gasteiger partial charge in [0.05, 0.1) is 16.1 Å². The molecule has 0 aliphatic rings. The number of aryl methyl sites for hydroxylation is 2. The third-order valence-corrected chi connectivity index (χ3v) is 4.76. The Morgan fingerprint density at radius 3 is 2.65 bits per heavy atom. The number of anilines is 1. The van der Waals surface area contributed by atoms with Gasteiger partial charge in [0.1, 0.15) is 5.82 Å². The minimum Gasteiger partial charge on any atom is -0.385 e. The molecule has 1 amide bonds. The molecule has 4 nitrogen and oxygen atoms in total. The molecule has 1 aromatic carbocycles. The van der Waals surface area contributed by atoms with Gasteiger partial charge in [-0.1, -0.05) is 17.7 Å². The van der Waals surface area contributed by atoms with Crippen molar-refractivity contribution in [1.29, 1.82) is 0 Å². The smallest absolute Gasteiger partial charge is 0.252 e. The number of thiophene rings is 1. The van der Waals surface area contributed by atoms with Gasteiger partial charge in [-0.05, 0) is 36.9 Å². The third-order valence-electron chi connectivity index (χ3n) is 3.45. The van der Waals surface area contributed by atoms with Crippen LogP contribution >= 0.6 is 11.3 Å². The largest absolute Gasteiger partial charge is 0.385 e. The van der Waals surface area contributed by atoms with Crippen LogP contribution in [0.2, 0.25) is 0 Å². The molecule has 0 unspecified atom stereocenters. The van der Waals surface area contributed by atoms with E-state index in [0.29, 0.717) is 11.4 Å². The molecule has 20 heavy (non-hydrogen) atoms. The van der Waals surface area contributed by atoms with E-state index in [1.54, 1.807) is 17.4 Å². The minimum atomic E-state index is -0.514. The van der Waals surface area contributed by atoms with Crippen molar-refractivity contribution in [3.05, 3.63) is 41.0 Å². The first-order valence-corrected chi connectivity index (χ1v) is 7.07. The van der Waals surface area contributed by atoms with Gasteiger partial charge in [0.15, 0.2) is 0 Å². The van der Waals surface area contributed by atoms with E-state index >= 15 is 0 Å². The topological polar surface area (TPSA) is 84.9 Å². The number of H-pyrrole nitrogens is 1. The number of carbonyl (C=O) groups excluding carboxylic acids is 1. The maximum atomic E-state index is 11.3. The van der Waals surface area contributed by atoms with Crippen LogP contribution in [-0.2, 0) is 0 Å². The lowest BCUT2D eigenvalue weighted by Crippen LogP contribution is -2.11. The molecule has 5 heteroatoms. The number of hydrogen-bond acceptors (Lipinski definition) is 3. The summed E-state index contributed by atoms with van der Waals surface area (Å²) in [4.78, 5) is 15.4. The second kappa shape index (κ2) is 4.38. The van der Waals surface area contributed by atoms with E-state index in [9.17, 15) is 4.79 Å². The first-order chi connectivity index (χ1) is 9.47. The van der Waals surface area contributed by atoms with E-state index in [1.165, 1.54) is 21.2 Å². The van der Waals surface area contributed by atoms with Gasteiger partial charge < -0.3 is 16.5 Å². The molecular weight excluding hydrogens is 270 g/mol. The number of aromatic amines is 1. The van der Waals surface area contributed by atoms with E-state index in [1.807, 2.05) is 0 Å². The minimum absolute atomic E-state index is 0.320. The Bertz CT molecular complexity index is 829. The molecule has 0 aliphatic heterocycles. The molecule has 0 bridgehead atoms. The number of nitrogens with one attached hydrogen (secondary N) is 1. The number of fused-ring (bicyclic) bond motifs is 1. The molecule has 5 N–H and O–H groups in total. The summed E-state index contributed by atoms with van der Waals surface area (Å²) in [5.74, 6) is -0.194. The molecule has 2 aromatic heterocycles. The fraction of sp³-hybridized carbons (Fsp3) is 0.133. The number of benzene rings is 1. The highest BCUT2D eigenvalue weighted by Gasteiger charge is 2.16. The van der Waals surface area contributed by atoms with Crippen LogP contribution in [0.15, 0.2) is 24.3 Å². The Morgan fingerprint density at radius 2 is 2.00 bits per heavy atom. The van der Waals surface area contributed by atoms with Crippen molar-refractivity contribution in [3.8, 4) is 10.6 Å². The molecule has 0 saturated carbocycles. The first-order valence-electron chi connectivity index (χ1n) is 6.26. The maximum absolute atomic E-state index is 11.3. The van der Waals surface area contributed by atoms with Gasteiger partial charge in [-0.25, -0.2) is 0 Å². The average molecular weight is 285 g/mol. The SMILES string of the molecule is Cc1ccc2sc(-c3cc(C(N)=O)c(N)[nH]3)c(C)c2c1. The summed E-state index contributed by atoms with van der Waals surface area (Å²) in [6.07, 6.45) is 0. The first kappa shape index (κ1) is 12.7. The summed E-state index contributed by atoms with van der Waals surface area (Å²) in [6, 6.07) is 8.11. The van der Waals surface area contributed by atoms with E-state index in [-0.39, 0.29) is 0 Å². The Morgan fingerprint density at radius 1 is 1.25 bits per heavy atom. The summed E-state index contributed by atoms with van der Waals surface area (Å²) >= 11 is 1.68. The van der Waals surface area contributed by atoms with Crippen LogP contribution in [0.1, 0.15) is 21.5 Å². The van der Waals surface area contributed by atoms with Gasteiger partial charge in [0, 0.05) is 4.70 Å². The zero-order valence-corrected chi connectivity index (χ0v) is 12.1. The van der Waals surface area contributed by atoms with Crippen molar-refractivity contribution in [2.75, 3.05) is 5.73 Å². The van der Waals surface area contributed by atoms with Crippen molar-refractivity contribution in [2.24, 2.45) is 5.73 Å². The monoisotopic (exact) mass is 285 g/mol. The average Bonchev–Trinajstić information content (AvgIpc) is 2.91. The van der Waals surface area contributed by atoms with Gasteiger partial charge in [0.25, 0.3) is 5.91 Å². The quantitative estimate of drug-likeness (QED) is 0.675. The number of nitrogens with two attached hydrogens (primary N) is 2. The van der Waals surface area contributed by atoms with Gasteiger partial charge in [-0.3, -0.25) is 4.79 Å². The van der Waals surface area contributed by atoms with Gasteiger partial charge in [-0.15, -0.1) is 11.3 Å². The van der Waals surface area contributed by atoms with E-state index < -0.39 is 5.91 Å². The van der Waals surface area contributed by atoms with Crippen LogP contribution in [-0.4, -0.2) is 10.9 Å². The fourth-order valence-electron chi connectivity index (χ4n) is 2.39. The number of hydrogen-bond donors (Lipinski definition) is 3. The maximum Gasteiger partial charge on any atom is 0.252 e. The number of amides is 1. The second-order valence-electron chi connectivity index (χ2n) is 4.93. The van der Waals surface area contributed by atoms with E-state index in [4.69, 9.17) is 11.5 Å². The van der Waals surface area contributed by atoms with E-state index in [0.717, 1.165) is 10.6 Å². The molecule has 0 aliphatic carbocycles. The lowest BCUT2D eigenvalue weighted by molar-refractivity contribution is 0.100. The lowest BCUT2D eigenvalue weighted by Gasteiger charge is -1.96. The molecule has 2 heterocycles. The van der Waals surface area contributed by atoms with Gasteiger partial charge >= 0.3 is 0 Å². The molecule has 0 spiro atoms. The number of aromatic nitrogens is 1. The lowest BCUT2D eigenvalue weighted by atomic mass is 10.1. The third kappa shape index (κ3) is 1.87. The van der Waals surface area contributed by atoms with Crippen LogP contribution in [0.25, 0.3) is 20.7 Å². The van der Waals surface area contributed by atoms with E-state index in [2.05, 4.69) is 37.0 Å². The Kier molecular flexibility index (Phi) is 2.79. The highest BCUT2D eigenvalue weighted by atomic mass is 32.1. The van der Waals surface area contributed by atoms with Crippen LogP contribution < -0.4 is 11.5 Å². The van der Waals surface area contributed by atoms with Crippen LogP contribution in [0.3, 0.4) is 0 Å². The molecule has 0 atom stereocenters. The molecule has 102 valence electrons. The highest BCUT2D eigenvalue weighted by molar-refractivity contribution is 7.22. The summed E-state index contributed by atoms with van der Waals surface area (Å²) in [5, 5.41) is 1.23. The molecule has 0 radical (unpaired) electrons. The number of rotatable bonds is 2. The Labute approximate surface area is 120 Å². The summed E-state index contributed by atoms with van der Waals surface area (Å²) in [5.41, 5.74) is 14.7. The standard InChI is InChI=1S/C15H15N3OS/c1-7-3-4-12-9(5-7)8(2)13(20-12)11-6-10(15(17)19)14(16)18-11/h3-6,18H,16H2,1-2H3,(H2,17,19). The zero-order valence-electron chi connectivity index (χ0n) is 11.3.